The molecule has 2 rings (SSSR count). The van der Waals surface area contributed by atoms with E-state index >= 15 is 0 Å². The summed E-state index contributed by atoms with van der Waals surface area (Å²) in [6.45, 7) is 1.40. The summed E-state index contributed by atoms with van der Waals surface area (Å²) in [7, 11) is 1.65. The molecule has 2 aromatic rings. The Bertz CT molecular complexity index is 532. The Balaban J connectivity index is 2.68. The van der Waals surface area contributed by atoms with Crippen molar-refractivity contribution < 1.29 is 9.52 Å². The molecule has 2 heterocycles. The Morgan fingerprint density at radius 1 is 1.67 bits per heavy atom. The molecule has 0 aliphatic rings. The van der Waals surface area contributed by atoms with E-state index in [2.05, 4.69) is 10.4 Å². The van der Waals surface area contributed by atoms with E-state index in [4.69, 9.17) is 0 Å². The molecular weight excluding hydrogens is 196 g/mol. The normalized spacial score (nSPS) is 10.5. The lowest BCUT2D eigenvalue weighted by atomic mass is 10.3. The van der Waals surface area contributed by atoms with Crippen molar-refractivity contribution in [2.45, 2.75) is 6.92 Å². The fourth-order valence-corrected chi connectivity index (χ4v) is 1.49. The van der Waals surface area contributed by atoms with Crippen LogP contribution in [-0.2, 0) is 11.8 Å². The van der Waals surface area contributed by atoms with Crippen molar-refractivity contribution >= 4 is 22.8 Å². The van der Waals surface area contributed by atoms with Gasteiger partial charge < -0.3 is 10.5 Å². The van der Waals surface area contributed by atoms with E-state index in [0.29, 0.717) is 21.6 Å². The van der Waals surface area contributed by atoms with Crippen LogP contribution in [0.2, 0.25) is 0 Å². The molecule has 0 aliphatic heterocycles. The van der Waals surface area contributed by atoms with Crippen LogP contribution in [0.5, 0.6) is 0 Å². The van der Waals surface area contributed by atoms with Crippen molar-refractivity contribution in [2.24, 2.45) is 7.05 Å². The van der Waals surface area contributed by atoms with Crippen LogP contribution >= 0.6 is 0 Å². The van der Waals surface area contributed by atoms with Crippen LogP contribution in [0.25, 0.3) is 11.0 Å². The van der Waals surface area contributed by atoms with Crippen LogP contribution in [-0.4, -0.2) is 15.7 Å². The molecule has 2 aromatic heterocycles. The first-order valence-electron chi connectivity index (χ1n) is 4.42. The second-order valence-corrected chi connectivity index (χ2v) is 3.22. The third-order valence-corrected chi connectivity index (χ3v) is 2.04. The van der Waals surface area contributed by atoms with Crippen LogP contribution < -0.4 is 10.0 Å². The number of nitrogens with one attached hydrogen (secondary N) is 1. The highest BCUT2D eigenvalue weighted by molar-refractivity contribution is 5.96. The number of anilines is 1. The number of aryl methyl sites for hydroxylation is 1. The largest absolute Gasteiger partial charge is 0.711 e. The van der Waals surface area contributed by atoms with E-state index < -0.39 is 0 Å². The molecule has 0 unspecified atom stereocenters. The van der Waals surface area contributed by atoms with Crippen molar-refractivity contribution in [1.82, 2.24) is 9.78 Å². The number of hydrogen-bond acceptors (Lipinski definition) is 3. The molecule has 0 fully saturated rings. The van der Waals surface area contributed by atoms with E-state index in [9.17, 15) is 10.0 Å². The highest BCUT2D eigenvalue weighted by Crippen LogP contribution is 2.18. The number of amides is 1. The van der Waals surface area contributed by atoms with Crippen LogP contribution in [0.3, 0.4) is 0 Å². The predicted molar refractivity (Wildman–Crippen MR) is 54.0 cm³/mol. The fourth-order valence-electron chi connectivity index (χ4n) is 1.49. The number of hydrogen-bond donors (Lipinski definition) is 1. The molecule has 0 saturated carbocycles. The van der Waals surface area contributed by atoms with Crippen molar-refractivity contribution in [2.75, 3.05) is 5.32 Å². The summed E-state index contributed by atoms with van der Waals surface area (Å²) in [6.07, 6.45) is 1.39. The molecule has 0 spiro atoms. The molecule has 6 heteroatoms. The fraction of sp³-hybridized carbons (Fsp3) is 0.222. The Kier molecular flexibility index (Phi) is 2.03. The van der Waals surface area contributed by atoms with Gasteiger partial charge in [-0.2, -0.15) is 0 Å². The van der Waals surface area contributed by atoms with Crippen LogP contribution in [0.1, 0.15) is 6.92 Å². The van der Waals surface area contributed by atoms with Gasteiger partial charge in [-0.15, -0.1) is 4.68 Å². The molecular formula is C9H10N4O2. The first-order valence-corrected chi connectivity index (χ1v) is 4.42. The smallest absolute Gasteiger partial charge is 0.316 e. The van der Waals surface area contributed by atoms with Gasteiger partial charge in [-0.1, -0.05) is 5.10 Å². The van der Waals surface area contributed by atoms with Crippen LogP contribution in [0.15, 0.2) is 18.3 Å². The second-order valence-electron chi connectivity index (χ2n) is 3.22. The Hall–Kier alpha value is -2.11. The van der Waals surface area contributed by atoms with Crippen molar-refractivity contribution in [3.63, 3.8) is 0 Å². The highest BCUT2D eigenvalue weighted by Gasteiger charge is 2.16. The van der Waals surface area contributed by atoms with E-state index in [1.165, 1.54) is 17.8 Å². The summed E-state index contributed by atoms with van der Waals surface area (Å²) in [6, 6.07) is 3.35. The Morgan fingerprint density at radius 2 is 2.40 bits per heavy atom. The number of pyridine rings is 1. The van der Waals surface area contributed by atoms with Crippen molar-refractivity contribution in [3.8, 4) is 0 Å². The predicted octanol–water partition coefficient (Wildman–Crippen LogP) is 0.165. The summed E-state index contributed by atoms with van der Waals surface area (Å²) in [5, 5.41) is 18.7. The van der Waals surface area contributed by atoms with Crippen LogP contribution in [0, 0.1) is 5.21 Å². The third-order valence-electron chi connectivity index (χ3n) is 2.04. The molecule has 78 valence electrons. The maximum Gasteiger partial charge on any atom is 0.316 e. The standard InChI is InChI=1S/C9H10N4O2/c1-6(14)10-8-7-4-3-5-13(15)9(7)12(2)11-8/h3-5H,1-2H3,(H,10,11,14). The maximum absolute atomic E-state index is 11.4. The number of carbonyl (C=O) groups excluding carboxylic acids is 1. The Morgan fingerprint density at radius 3 is 3.07 bits per heavy atom. The third kappa shape index (κ3) is 1.50. The van der Waals surface area contributed by atoms with Gasteiger partial charge in [0.15, 0.2) is 5.82 Å². The molecule has 0 bridgehead atoms. The summed E-state index contributed by atoms with van der Waals surface area (Å²) >= 11 is 0. The SMILES string of the molecule is CC(=O)Nc1nn(C)c2c1ccc[n+]2[O-]. The number of carbonyl (C=O) groups is 1. The molecule has 0 aromatic carbocycles. The second kappa shape index (κ2) is 3.23. The summed E-state index contributed by atoms with van der Waals surface area (Å²) in [5.41, 5.74) is 0.418. The number of aromatic nitrogens is 3. The van der Waals surface area contributed by atoms with Gasteiger partial charge in [0.25, 0.3) is 0 Å². The van der Waals surface area contributed by atoms with E-state index in [0.717, 1.165) is 0 Å². The highest BCUT2D eigenvalue weighted by atomic mass is 16.5. The number of rotatable bonds is 1. The zero-order valence-corrected chi connectivity index (χ0v) is 8.39. The van der Waals surface area contributed by atoms with Gasteiger partial charge in [0.2, 0.25) is 5.91 Å². The van der Waals surface area contributed by atoms with Crippen molar-refractivity contribution in [1.29, 1.82) is 0 Å². The molecule has 0 saturated heterocycles. The first kappa shape index (κ1) is 9.45. The monoisotopic (exact) mass is 206 g/mol. The zero-order valence-electron chi connectivity index (χ0n) is 8.39. The lowest BCUT2D eigenvalue weighted by molar-refractivity contribution is -0.580. The topological polar surface area (TPSA) is 73.9 Å². The zero-order chi connectivity index (χ0) is 11.0. The van der Waals surface area contributed by atoms with Gasteiger partial charge in [-0.05, 0) is 12.1 Å². The lowest BCUT2D eigenvalue weighted by Crippen LogP contribution is -2.27. The summed E-state index contributed by atoms with van der Waals surface area (Å²) in [5.74, 6) is 0.196. The van der Waals surface area contributed by atoms with Crippen LogP contribution in [0.4, 0.5) is 5.82 Å². The molecule has 0 atom stereocenters. The summed E-state index contributed by atoms with van der Waals surface area (Å²) < 4.78 is 2.15. The summed E-state index contributed by atoms with van der Waals surface area (Å²) in [4.78, 5) is 10.9. The lowest BCUT2D eigenvalue weighted by Gasteiger charge is -2.01. The molecule has 6 nitrogen and oxygen atoms in total. The van der Waals surface area contributed by atoms with Gasteiger partial charge in [0.05, 0.1) is 6.20 Å². The minimum Gasteiger partial charge on any atom is -0.711 e. The maximum atomic E-state index is 11.4. The molecule has 1 amide bonds. The van der Waals surface area contributed by atoms with Crippen molar-refractivity contribution in [3.05, 3.63) is 23.5 Å². The van der Waals surface area contributed by atoms with Gasteiger partial charge in [-0.3, -0.25) is 4.79 Å². The first-order chi connectivity index (χ1) is 7.09. The van der Waals surface area contributed by atoms with Gasteiger partial charge in [0.1, 0.15) is 12.4 Å². The average molecular weight is 206 g/mol. The van der Waals surface area contributed by atoms with E-state index in [1.807, 2.05) is 0 Å². The van der Waals surface area contributed by atoms with Gasteiger partial charge >= 0.3 is 5.65 Å². The van der Waals surface area contributed by atoms with Gasteiger partial charge in [-0.25, -0.2) is 4.73 Å². The molecule has 0 aliphatic carbocycles. The van der Waals surface area contributed by atoms with E-state index in [1.54, 1.807) is 19.2 Å². The average Bonchev–Trinajstić information content (AvgIpc) is 2.44. The molecule has 15 heavy (non-hydrogen) atoms. The minimum absolute atomic E-state index is 0.212. The molecule has 0 radical (unpaired) electrons. The quantitative estimate of drug-likeness (QED) is 0.533. The minimum atomic E-state index is -0.212. The Labute approximate surface area is 85.7 Å². The number of nitrogens with zero attached hydrogens (tertiary/aromatic N) is 3. The molecule has 1 N–H and O–H groups in total. The van der Waals surface area contributed by atoms with E-state index in [-0.39, 0.29) is 5.91 Å². The number of fused-ring (bicyclic) bond motifs is 1. The van der Waals surface area contributed by atoms with Gasteiger partial charge in [0, 0.05) is 6.92 Å².